The van der Waals surface area contributed by atoms with E-state index in [1.165, 1.54) is 18.4 Å². The Bertz CT molecular complexity index is 1090. The highest BCUT2D eigenvalue weighted by Gasteiger charge is 2.14. The van der Waals surface area contributed by atoms with Crippen molar-refractivity contribution in [2.24, 2.45) is 4.99 Å². The molecule has 1 aromatic heterocycles. The summed E-state index contributed by atoms with van der Waals surface area (Å²) in [6, 6.07) is 16.4. The molecule has 0 saturated carbocycles. The molecule has 6 nitrogen and oxygen atoms in total. The van der Waals surface area contributed by atoms with Crippen LogP contribution in [0.15, 0.2) is 75.3 Å². The van der Waals surface area contributed by atoms with Crippen LogP contribution in [0.4, 0.5) is 5.69 Å². The average Bonchev–Trinajstić information content (AvgIpc) is 2.63. The minimum Gasteiger partial charge on any atom is -0.494 e. The van der Waals surface area contributed by atoms with E-state index < -0.39 is 17.1 Å². The van der Waals surface area contributed by atoms with Crippen molar-refractivity contribution in [1.29, 1.82) is 0 Å². The molecule has 0 unspecified atom stereocenters. The number of aromatic nitrogens is 2. The van der Waals surface area contributed by atoms with Gasteiger partial charge in [-0.2, -0.15) is 0 Å². The second kappa shape index (κ2) is 7.48. The molecule has 0 aliphatic heterocycles. The Kier molecular flexibility index (Phi) is 4.94. The van der Waals surface area contributed by atoms with Gasteiger partial charge in [0.25, 0.3) is 5.56 Å². The van der Waals surface area contributed by atoms with Crippen molar-refractivity contribution in [3.63, 3.8) is 0 Å². The summed E-state index contributed by atoms with van der Waals surface area (Å²) in [5.74, 6) is -0.419. The van der Waals surface area contributed by atoms with Gasteiger partial charge in [0, 0.05) is 6.21 Å². The Hall–Kier alpha value is -3.67. The maximum Gasteiger partial charge on any atom is 0.335 e. The van der Waals surface area contributed by atoms with Crippen LogP contribution in [0, 0.1) is 6.92 Å². The summed E-state index contributed by atoms with van der Waals surface area (Å²) < 4.78 is 1.07. The Morgan fingerprint density at radius 2 is 1.73 bits per heavy atom. The number of H-pyrrole nitrogens is 1. The first kappa shape index (κ1) is 17.2. The van der Waals surface area contributed by atoms with Gasteiger partial charge < -0.3 is 5.11 Å². The number of hydrogen-bond acceptors (Lipinski definition) is 4. The lowest BCUT2D eigenvalue weighted by atomic mass is 10.2. The number of rotatable bonds is 4. The van der Waals surface area contributed by atoms with Gasteiger partial charge in [0.05, 0.1) is 11.4 Å². The van der Waals surface area contributed by atoms with E-state index in [0.29, 0.717) is 5.69 Å². The van der Waals surface area contributed by atoms with Crippen molar-refractivity contribution >= 4 is 18.0 Å². The van der Waals surface area contributed by atoms with Gasteiger partial charge in [-0.3, -0.25) is 14.8 Å². The molecule has 0 amide bonds. The SMILES string of the molecule is Cc1ccccc1-n1c(O)c(/C=C/C=Nc2ccccc2)c(=O)[nH]c1=O. The second-order valence-electron chi connectivity index (χ2n) is 5.59. The summed E-state index contributed by atoms with van der Waals surface area (Å²) in [5.41, 5.74) is 0.669. The van der Waals surface area contributed by atoms with Crippen LogP contribution in [0.1, 0.15) is 11.1 Å². The van der Waals surface area contributed by atoms with Crippen molar-refractivity contribution in [2.45, 2.75) is 6.92 Å². The molecule has 0 bridgehead atoms. The predicted molar refractivity (Wildman–Crippen MR) is 103 cm³/mol. The molecule has 2 N–H and O–H groups in total. The zero-order valence-electron chi connectivity index (χ0n) is 14.1. The fourth-order valence-corrected chi connectivity index (χ4v) is 2.51. The summed E-state index contributed by atoms with van der Waals surface area (Å²) >= 11 is 0. The zero-order chi connectivity index (χ0) is 18.5. The van der Waals surface area contributed by atoms with Crippen molar-refractivity contribution in [1.82, 2.24) is 9.55 Å². The van der Waals surface area contributed by atoms with Crippen LogP contribution in [0.2, 0.25) is 0 Å². The number of aromatic hydroxyl groups is 1. The van der Waals surface area contributed by atoms with Crippen molar-refractivity contribution in [2.75, 3.05) is 0 Å². The Labute approximate surface area is 149 Å². The fourth-order valence-electron chi connectivity index (χ4n) is 2.51. The van der Waals surface area contributed by atoms with Gasteiger partial charge in [-0.15, -0.1) is 0 Å². The van der Waals surface area contributed by atoms with Crippen LogP contribution in [0.25, 0.3) is 11.8 Å². The first-order valence-corrected chi connectivity index (χ1v) is 7.98. The van der Waals surface area contributed by atoms with E-state index >= 15 is 0 Å². The van der Waals surface area contributed by atoms with Gasteiger partial charge in [0.1, 0.15) is 5.56 Å². The van der Waals surface area contributed by atoms with Gasteiger partial charge in [-0.1, -0.05) is 36.4 Å². The highest BCUT2D eigenvalue weighted by atomic mass is 16.3. The first-order chi connectivity index (χ1) is 12.6. The van der Waals surface area contributed by atoms with E-state index in [1.807, 2.05) is 49.4 Å². The molecule has 0 aliphatic rings. The number of hydrogen-bond donors (Lipinski definition) is 2. The number of allylic oxidation sites excluding steroid dienone is 1. The number of aliphatic imine (C=N–C) groups is 1. The number of aromatic amines is 1. The van der Waals surface area contributed by atoms with E-state index in [0.717, 1.165) is 15.8 Å². The minimum atomic E-state index is -0.697. The Morgan fingerprint density at radius 3 is 2.46 bits per heavy atom. The normalized spacial score (nSPS) is 11.4. The molecule has 0 fully saturated rings. The van der Waals surface area contributed by atoms with Gasteiger partial charge in [-0.25, -0.2) is 9.36 Å². The van der Waals surface area contributed by atoms with Crippen LogP contribution in [0.5, 0.6) is 5.88 Å². The highest BCUT2D eigenvalue weighted by Crippen LogP contribution is 2.19. The van der Waals surface area contributed by atoms with Crippen LogP contribution in [-0.4, -0.2) is 20.9 Å². The largest absolute Gasteiger partial charge is 0.494 e. The number of nitrogens with zero attached hydrogens (tertiary/aromatic N) is 2. The van der Waals surface area contributed by atoms with Crippen LogP contribution in [-0.2, 0) is 0 Å². The van der Waals surface area contributed by atoms with Crippen molar-refractivity contribution in [3.05, 3.63) is 92.6 Å². The van der Waals surface area contributed by atoms with Gasteiger partial charge >= 0.3 is 5.69 Å². The lowest BCUT2D eigenvalue weighted by molar-refractivity contribution is 0.429. The van der Waals surface area contributed by atoms with Gasteiger partial charge in [-0.05, 0) is 42.8 Å². The molecule has 0 atom stereocenters. The average molecular weight is 347 g/mol. The molecule has 3 rings (SSSR count). The van der Waals surface area contributed by atoms with E-state index in [1.54, 1.807) is 12.1 Å². The highest BCUT2D eigenvalue weighted by molar-refractivity contribution is 5.81. The third-order valence-corrected chi connectivity index (χ3v) is 3.81. The summed E-state index contributed by atoms with van der Waals surface area (Å²) in [6.45, 7) is 1.81. The molecule has 0 saturated heterocycles. The van der Waals surface area contributed by atoms with E-state index in [2.05, 4.69) is 9.98 Å². The predicted octanol–water partition coefficient (Wildman–Crippen LogP) is 2.96. The number of para-hydroxylation sites is 2. The quantitative estimate of drug-likeness (QED) is 0.711. The number of aryl methyl sites for hydroxylation is 1. The lowest BCUT2D eigenvalue weighted by Crippen LogP contribution is -2.30. The molecular weight excluding hydrogens is 330 g/mol. The maximum absolute atomic E-state index is 12.2. The monoisotopic (exact) mass is 347 g/mol. The maximum atomic E-state index is 12.2. The van der Waals surface area contributed by atoms with E-state index in [-0.39, 0.29) is 5.56 Å². The molecule has 6 heteroatoms. The standard InChI is InChI=1S/C20H17N3O3/c1-14-8-5-6-12-17(14)23-19(25)16(18(24)22-20(23)26)11-7-13-21-15-9-3-2-4-10-15/h2-13,25H,1H3,(H,22,24,26)/b11-7+,21-13?. The molecule has 2 aromatic carbocycles. The summed E-state index contributed by atoms with van der Waals surface area (Å²) in [7, 11) is 0. The summed E-state index contributed by atoms with van der Waals surface area (Å²) in [5, 5.41) is 10.5. The molecule has 1 heterocycles. The molecule has 26 heavy (non-hydrogen) atoms. The zero-order valence-corrected chi connectivity index (χ0v) is 14.1. The van der Waals surface area contributed by atoms with Crippen molar-refractivity contribution < 1.29 is 5.11 Å². The Morgan fingerprint density at radius 1 is 1.04 bits per heavy atom. The molecule has 3 aromatic rings. The molecule has 0 spiro atoms. The topological polar surface area (TPSA) is 87.4 Å². The van der Waals surface area contributed by atoms with E-state index in [9.17, 15) is 14.7 Å². The van der Waals surface area contributed by atoms with Crippen LogP contribution >= 0.6 is 0 Å². The fraction of sp³-hybridized carbons (Fsp3) is 0.0500. The number of benzene rings is 2. The molecular formula is C20H17N3O3. The van der Waals surface area contributed by atoms with Gasteiger partial charge in [0.2, 0.25) is 5.88 Å². The summed E-state index contributed by atoms with van der Waals surface area (Å²) in [6.07, 6.45) is 4.45. The van der Waals surface area contributed by atoms with Crippen LogP contribution in [0.3, 0.4) is 0 Å². The lowest BCUT2D eigenvalue weighted by Gasteiger charge is -2.11. The smallest absolute Gasteiger partial charge is 0.335 e. The van der Waals surface area contributed by atoms with E-state index in [4.69, 9.17) is 0 Å². The Balaban J connectivity index is 2.01. The van der Waals surface area contributed by atoms with Gasteiger partial charge in [0.15, 0.2) is 0 Å². The first-order valence-electron chi connectivity index (χ1n) is 7.98. The van der Waals surface area contributed by atoms with Crippen LogP contribution < -0.4 is 11.2 Å². The molecule has 0 radical (unpaired) electrons. The number of nitrogens with one attached hydrogen (secondary N) is 1. The minimum absolute atomic E-state index is 0.0210. The third kappa shape index (κ3) is 3.54. The third-order valence-electron chi connectivity index (χ3n) is 3.81. The molecule has 0 aliphatic carbocycles. The second-order valence-corrected chi connectivity index (χ2v) is 5.59. The van der Waals surface area contributed by atoms with Crippen molar-refractivity contribution in [3.8, 4) is 11.6 Å². The summed E-state index contributed by atoms with van der Waals surface area (Å²) in [4.78, 5) is 30.7. The molecule has 130 valence electrons.